The fraction of sp³-hybridized carbons (Fsp3) is 0.547. The molecular formula is C53H76O12. The van der Waals surface area contributed by atoms with E-state index in [1.807, 2.05) is 0 Å². The smallest absolute Gasteiger partial charge is 0.339 e. The average Bonchev–Trinajstić information content (AvgIpc) is 3.31. The fourth-order valence-corrected chi connectivity index (χ4v) is 6.80. The first-order valence-corrected chi connectivity index (χ1v) is 24.0. The molecule has 3 aromatic carbocycles. The van der Waals surface area contributed by atoms with Crippen molar-refractivity contribution in [3.63, 3.8) is 0 Å². The molecule has 0 radical (unpaired) electrons. The van der Waals surface area contributed by atoms with Crippen LogP contribution in [0.15, 0.2) is 72.8 Å². The Morgan fingerprint density at radius 2 is 0.492 bits per heavy atom. The van der Waals surface area contributed by atoms with Gasteiger partial charge in [0.15, 0.2) is 0 Å². The number of aromatic carboxylic acids is 3. The number of ether oxygens (including phenoxy) is 3. The van der Waals surface area contributed by atoms with Gasteiger partial charge >= 0.3 is 35.8 Å². The second-order valence-corrected chi connectivity index (χ2v) is 16.0. The number of carbonyl (C=O) groups is 6. The van der Waals surface area contributed by atoms with E-state index in [1.54, 1.807) is 36.4 Å². The number of carboxylic acids is 3. The van der Waals surface area contributed by atoms with Crippen molar-refractivity contribution in [2.45, 2.75) is 168 Å². The van der Waals surface area contributed by atoms with E-state index in [4.69, 9.17) is 29.5 Å². The number of unbranched alkanes of at least 4 members (excludes halogenated alkanes) is 20. The van der Waals surface area contributed by atoms with Crippen molar-refractivity contribution in [3.05, 3.63) is 106 Å². The highest BCUT2D eigenvalue weighted by Crippen LogP contribution is 2.16. The summed E-state index contributed by atoms with van der Waals surface area (Å²) in [5.74, 6) is -5.00. The molecule has 360 valence electrons. The van der Waals surface area contributed by atoms with Gasteiger partial charge in [0.2, 0.25) is 0 Å². The maximum absolute atomic E-state index is 12.5. The van der Waals surface area contributed by atoms with Crippen LogP contribution in [-0.2, 0) is 14.2 Å². The van der Waals surface area contributed by atoms with Crippen LogP contribution in [0.4, 0.5) is 0 Å². The lowest BCUT2D eigenvalue weighted by molar-refractivity contribution is 0.0450. The van der Waals surface area contributed by atoms with E-state index < -0.39 is 35.8 Å². The molecule has 12 nitrogen and oxygen atoms in total. The summed E-state index contributed by atoms with van der Waals surface area (Å²) >= 11 is 0. The first-order chi connectivity index (χ1) is 31.5. The van der Waals surface area contributed by atoms with Crippen molar-refractivity contribution >= 4 is 35.8 Å². The quantitative estimate of drug-likeness (QED) is 0.0306. The molecule has 0 aliphatic heterocycles. The van der Waals surface area contributed by atoms with Gasteiger partial charge in [0.25, 0.3) is 0 Å². The van der Waals surface area contributed by atoms with Crippen LogP contribution in [0, 0.1) is 0 Å². The van der Waals surface area contributed by atoms with Gasteiger partial charge in [0.05, 0.1) is 53.2 Å². The van der Waals surface area contributed by atoms with E-state index >= 15 is 0 Å². The molecule has 0 saturated carbocycles. The number of esters is 3. The van der Waals surface area contributed by atoms with Gasteiger partial charge in [-0.2, -0.15) is 0 Å². The first kappa shape index (κ1) is 57.5. The Kier molecular flexibility index (Phi) is 33.5. The fourth-order valence-electron chi connectivity index (χ4n) is 6.80. The average molecular weight is 905 g/mol. The lowest BCUT2D eigenvalue weighted by Crippen LogP contribution is -2.15. The molecule has 0 heterocycles. The summed E-state index contributed by atoms with van der Waals surface area (Å²) in [5.41, 5.74) is 0.325. The second-order valence-electron chi connectivity index (χ2n) is 16.0. The number of hydrogen-bond acceptors (Lipinski definition) is 9. The normalized spacial score (nSPS) is 10.4. The Balaban J connectivity index is 0.000000544. The van der Waals surface area contributed by atoms with E-state index in [9.17, 15) is 28.8 Å². The minimum absolute atomic E-state index is 0.0120. The summed E-state index contributed by atoms with van der Waals surface area (Å²) in [5, 5.41) is 26.1. The Bertz CT molecular complexity index is 1720. The lowest BCUT2D eigenvalue weighted by Gasteiger charge is -2.10. The van der Waals surface area contributed by atoms with Crippen LogP contribution in [0.1, 0.15) is 231 Å². The van der Waals surface area contributed by atoms with Gasteiger partial charge in [-0.1, -0.05) is 186 Å². The Morgan fingerprint density at radius 1 is 0.308 bits per heavy atom. The van der Waals surface area contributed by atoms with Crippen LogP contribution in [0.5, 0.6) is 0 Å². The SMILES string of the molecule is CCCCCCCCCCOC(=O)c1ccccc1C(=O)OCCCCCCCCCC.CCCCCCCCCOC(=O)c1ccccc1C(=O)O.O=C(O)c1ccccc1C(=O)O. The van der Waals surface area contributed by atoms with Crippen LogP contribution >= 0.6 is 0 Å². The predicted octanol–water partition coefficient (Wildman–Crippen LogP) is 13.7. The van der Waals surface area contributed by atoms with Crippen LogP contribution in [-0.4, -0.2) is 71.0 Å². The summed E-state index contributed by atoms with van der Waals surface area (Å²) in [6.07, 6.45) is 27.2. The third-order valence-electron chi connectivity index (χ3n) is 10.6. The van der Waals surface area contributed by atoms with Crippen molar-refractivity contribution in [3.8, 4) is 0 Å². The largest absolute Gasteiger partial charge is 0.478 e. The maximum atomic E-state index is 12.5. The Morgan fingerprint density at radius 3 is 0.723 bits per heavy atom. The Hall–Kier alpha value is -5.52. The third-order valence-corrected chi connectivity index (χ3v) is 10.6. The van der Waals surface area contributed by atoms with Crippen molar-refractivity contribution in [2.24, 2.45) is 0 Å². The minimum atomic E-state index is -1.23. The van der Waals surface area contributed by atoms with E-state index in [0.29, 0.717) is 30.9 Å². The van der Waals surface area contributed by atoms with Crippen molar-refractivity contribution in [1.82, 2.24) is 0 Å². The van der Waals surface area contributed by atoms with E-state index in [-0.39, 0.29) is 22.3 Å². The first-order valence-electron chi connectivity index (χ1n) is 24.0. The van der Waals surface area contributed by atoms with Crippen LogP contribution in [0.25, 0.3) is 0 Å². The maximum Gasteiger partial charge on any atom is 0.339 e. The highest BCUT2D eigenvalue weighted by atomic mass is 16.5. The molecule has 0 aliphatic carbocycles. The Labute approximate surface area is 387 Å². The van der Waals surface area contributed by atoms with Crippen LogP contribution in [0.3, 0.4) is 0 Å². The van der Waals surface area contributed by atoms with Crippen LogP contribution in [0.2, 0.25) is 0 Å². The second kappa shape index (κ2) is 37.8. The predicted molar refractivity (Wildman–Crippen MR) is 254 cm³/mol. The molecule has 65 heavy (non-hydrogen) atoms. The van der Waals surface area contributed by atoms with Crippen molar-refractivity contribution < 1.29 is 58.3 Å². The topological polar surface area (TPSA) is 191 Å². The molecule has 0 aliphatic rings. The number of benzene rings is 3. The molecule has 12 heteroatoms. The van der Waals surface area contributed by atoms with Crippen molar-refractivity contribution in [2.75, 3.05) is 19.8 Å². The molecule has 0 atom stereocenters. The highest BCUT2D eigenvalue weighted by molar-refractivity contribution is 6.04. The summed E-state index contributed by atoms with van der Waals surface area (Å²) in [4.78, 5) is 68.7. The number of hydrogen-bond donors (Lipinski definition) is 3. The van der Waals surface area contributed by atoms with E-state index in [0.717, 1.165) is 44.9 Å². The third kappa shape index (κ3) is 26.8. The molecule has 0 fully saturated rings. The molecule has 0 bridgehead atoms. The van der Waals surface area contributed by atoms with Crippen LogP contribution < -0.4 is 0 Å². The summed E-state index contributed by atoms with van der Waals surface area (Å²) in [6, 6.07) is 18.4. The molecule has 3 N–H and O–H groups in total. The molecule has 3 rings (SSSR count). The van der Waals surface area contributed by atoms with Gasteiger partial charge in [-0.15, -0.1) is 0 Å². The zero-order valence-corrected chi connectivity index (χ0v) is 39.3. The number of rotatable bonds is 32. The van der Waals surface area contributed by atoms with Gasteiger partial charge in [0.1, 0.15) is 0 Å². The summed E-state index contributed by atoms with van der Waals surface area (Å²) in [7, 11) is 0. The van der Waals surface area contributed by atoms with Gasteiger partial charge in [-0.05, 0) is 55.7 Å². The monoisotopic (exact) mass is 905 g/mol. The highest BCUT2D eigenvalue weighted by Gasteiger charge is 2.19. The summed E-state index contributed by atoms with van der Waals surface area (Å²) in [6.45, 7) is 7.78. The van der Waals surface area contributed by atoms with E-state index in [1.165, 1.54) is 139 Å². The van der Waals surface area contributed by atoms with Gasteiger partial charge in [0, 0.05) is 0 Å². The standard InChI is InChI=1S/C28H46O4.C17H24O4.C8H6O4/c1-3-5-7-9-11-13-15-19-23-31-27(29)25-21-17-18-22-26(25)28(30)32-24-20-16-14-12-10-8-6-4-2;1-2-3-4-5-6-7-10-13-21-17(20)15-12-9-8-11-14(15)16(18)19;9-7(10)5-3-1-2-4-6(5)8(11)12/h17-18,21-22H,3-16,19-20,23-24H2,1-2H3;8-9,11-12H,2-7,10,13H2,1H3,(H,18,19);1-4H,(H,9,10)(H,11,12). The summed E-state index contributed by atoms with van der Waals surface area (Å²) < 4.78 is 16.0. The van der Waals surface area contributed by atoms with Gasteiger partial charge in [-0.3, -0.25) is 0 Å². The molecule has 0 aromatic heterocycles. The zero-order valence-electron chi connectivity index (χ0n) is 39.3. The zero-order chi connectivity index (χ0) is 47.9. The van der Waals surface area contributed by atoms with E-state index in [2.05, 4.69) is 20.8 Å². The number of carbonyl (C=O) groups excluding carboxylic acids is 3. The molecular weight excluding hydrogens is 829 g/mol. The lowest BCUT2D eigenvalue weighted by atomic mass is 10.1. The van der Waals surface area contributed by atoms with Crippen molar-refractivity contribution in [1.29, 1.82) is 0 Å². The van der Waals surface area contributed by atoms with Gasteiger partial charge in [-0.25, -0.2) is 28.8 Å². The molecule has 0 unspecified atom stereocenters. The molecule has 3 aromatic rings. The molecule has 0 saturated heterocycles. The van der Waals surface area contributed by atoms with Gasteiger partial charge < -0.3 is 29.5 Å². The minimum Gasteiger partial charge on any atom is -0.478 e. The number of carboxylic acid groups (broad SMARTS) is 3. The molecule has 0 amide bonds. The molecule has 0 spiro atoms.